The fourth-order valence-electron chi connectivity index (χ4n) is 0.898. The quantitative estimate of drug-likeness (QED) is 0.354. The van der Waals surface area contributed by atoms with Crippen molar-refractivity contribution in [3.05, 3.63) is 0 Å². The van der Waals surface area contributed by atoms with Gasteiger partial charge < -0.3 is 4.74 Å². The van der Waals surface area contributed by atoms with Gasteiger partial charge in [0, 0.05) is 12.2 Å². The number of carbonyl (C=O) groups is 1. The molecule has 0 rings (SSSR count). The summed E-state index contributed by atoms with van der Waals surface area (Å²) in [5, 5.41) is 0. The molecule has 0 aliphatic heterocycles. The molecular formula is C9H18O5S2. The molecule has 16 heavy (non-hydrogen) atoms. The molecule has 0 aliphatic rings. The lowest BCUT2D eigenvalue weighted by Gasteiger charge is -2.02. The van der Waals surface area contributed by atoms with Crippen LogP contribution in [-0.4, -0.2) is 45.4 Å². The van der Waals surface area contributed by atoms with E-state index in [0.717, 1.165) is 18.4 Å². The molecule has 0 N–H and O–H groups in total. The molecular weight excluding hydrogens is 252 g/mol. The molecule has 0 aromatic heterocycles. The molecule has 0 radical (unpaired) electrons. The van der Waals surface area contributed by atoms with Gasteiger partial charge in [-0.2, -0.15) is 20.2 Å². The van der Waals surface area contributed by atoms with Crippen molar-refractivity contribution >= 4 is 27.8 Å². The summed E-state index contributed by atoms with van der Waals surface area (Å²) >= 11 is 1.56. The molecule has 5 nitrogen and oxygen atoms in total. The average Bonchev–Trinajstić information content (AvgIpc) is 2.15. The van der Waals surface area contributed by atoms with E-state index in [1.54, 1.807) is 18.7 Å². The molecule has 0 saturated carbocycles. The molecule has 0 unspecified atom stereocenters. The third-order valence-corrected chi connectivity index (χ3v) is 3.13. The second kappa shape index (κ2) is 8.83. The van der Waals surface area contributed by atoms with Crippen LogP contribution in [0.5, 0.6) is 0 Å². The van der Waals surface area contributed by atoms with E-state index in [-0.39, 0.29) is 12.6 Å². The molecule has 0 spiro atoms. The van der Waals surface area contributed by atoms with Gasteiger partial charge in [-0.25, -0.2) is 0 Å². The van der Waals surface area contributed by atoms with E-state index in [2.05, 4.69) is 4.18 Å². The van der Waals surface area contributed by atoms with E-state index >= 15 is 0 Å². The Bertz CT molecular complexity index is 286. The normalized spacial score (nSPS) is 11.4. The van der Waals surface area contributed by atoms with Crippen molar-refractivity contribution < 1.29 is 22.1 Å². The number of carbonyl (C=O) groups excluding carboxylic acids is 1. The van der Waals surface area contributed by atoms with Gasteiger partial charge >= 0.3 is 5.97 Å². The summed E-state index contributed by atoms with van der Waals surface area (Å²) in [5.41, 5.74) is 0. The molecule has 0 amide bonds. The summed E-state index contributed by atoms with van der Waals surface area (Å²) in [6.45, 7) is 2.37. The topological polar surface area (TPSA) is 69.7 Å². The van der Waals surface area contributed by atoms with Gasteiger partial charge in [0.15, 0.2) is 0 Å². The largest absolute Gasteiger partial charge is 0.466 e. The lowest BCUT2D eigenvalue weighted by Crippen LogP contribution is -2.06. The maximum Gasteiger partial charge on any atom is 0.305 e. The first kappa shape index (κ1) is 15.7. The predicted molar refractivity (Wildman–Crippen MR) is 64.0 cm³/mol. The van der Waals surface area contributed by atoms with Crippen molar-refractivity contribution in [3.8, 4) is 0 Å². The maximum atomic E-state index is 10.9. The van der Waals surface area contributed by atoms with E-state index in [9.17, 15) is 13.2 Å². The summed E-state index contributed by atoms with van der Waals surface area (Å²) in [4.78, 5) is 10.9. The van der Waals surface area contributed by atoms with Crippen molar-refractivity contribution in [1.82, 2.24) is 0 Å². The zero-order valence-electron chi connectivity index (χ0n) is 9.60. The highest BCUT2D eigenvalue weighted by molar-refractivity contribution is 7.99. The van der Waals surface area contributed by atoms with Crippen LogP contribution in [0, 0.1) is 0 Å². The third-order valence-electron chi connectivity index (χ3n) is 1.50. The van der Waals surface area contributed by atoms with Gasteiger partial charge in [0.1, 0.15) is 0 Å². The third kappa shape index (κ3) is 11.8. The van der Waals surface area contributed by atoms with Crippen LogP contribution < -0.4 is 0 Å². The lowest BCUT2D eigenvalue weighted by atomic mass is 10.3. The minimum absolute atomic E-state index is 0.183. The van der Waals surface area contributed by atoms with Crippen LogP contribution in [-0.2, 0) is 23.8 Å². The van der Waals surface area contributed by atoms with Crippen molar-refractivity contribution in [2.75, 3.05) is 31.0 Å². The second-order valence-electron chi connectivity index (χ2n) is 3.05. The number of hydrogen-bond acceptors (Lipinski definition) is 6. The first-order chi connectivity index (χ1) is 7.45. The minimum atomic E-state index is -3.33. The Kier molecular flexibility index (Phi) is 8.68. The van der Waals surface area contributed by atoms with E-state index in [4.69, 9.17) is 4.74 Å². The highest BCUT2D eigenvalue weighted by atomic mass is 32.2. The number of esters is 1. The van der Waals surface area contributed by atoms with Crippen LogP contribution in [0.25, 0.3) is 0 Å². The molecule has 0 heterocycles. The van der Waals surface area contributed by atoms with Gasteiger partial charge in [-0.05, 0) is 19.1 Å². The summed E-state index contributed by atoms with van der Waals surface area (Å²) in [6.07, 6.45) is 2.18. The van der Waals surface area contributed by atoms with E-state index < -0.39 is 10.1 Å². The van der Waals surface area contributed by atoms with Crippen LogP contribution >= 0.6 is 11.8 Å². The van der Waals surface area contributed by atoms with Crippen LogP contribution in [0.3, 0.4) is 0 Å². The first-order valence-electron chi connectivity index (χ1n) is 5.03. The van der Waals surface area contributed by atoms with Crippen molar-refractivity contribution in [2.45, 2.75) is 19.8 Å². The second-order valence-corrected chi connectivity index (χ2v) is 5.92. The van der Waals surface area contributed by atoms with Crippen molar-refractivity contribution in [1.29, 1.82) is 0 Å². The molecule has 0 saturated heterocycles. The Morgan fingerprint density at radius 3 is 2.56 bits per heavy atom. The highest BCUT2D eigenvalue weighted by Gasteiger charge is 2.02. The van der Waals surface area contributed by atoms with Gasteiger partial charge in [0.25, 0.3) is 10.1 Å². The SMILES string of the molecule is CCOC(=O)CCCSCCOS(C)(=O)=O. The lowest BCUT2D eigenvalue weighted by molar-refractivity contribution is -0.143. The monoisotopic (exact) mass is 270 g/mol. The average molecular weight is 270 g/mol. The van der Waals surface area contributed by atoms with E-state index in [0.29, 0.717) is 18.8 Å². The summed E-state index contributed by atoms with van der Waals surface area (Å²) in [6, 6.07) is 0. The molecule has 7 heteroatoms. The molecule has 0 fully saturated rings. The fraction of sp³-hybridized carbons (Fsp3) is 0.889. The molecule has 0 atom stereocenters. The molecule has 96 valence electrons. The van der Waals surface area contributed by atoms with Crippen LogP contribution in [0.15, 0.2) is 0 Å². The fourth-order valence-corrected chi connectivity index (χ4v) is 2.14. The zero-order chi connectivity index (χ0) is 12.4. The summed E-state index contributed by atoms with van der Waals surface area (Å²) in [7, 11) is -3.33. The number of ether oxygens (including phenoxy) is 1. The zero-order valence-corrected chi connectivity index (χ0v) is 11.2. The van der Waals surface area contributed by atoms with Gasteiger partial charge in [-0.1, -0.05) is 0 Å². The first-order valence-corrected chi connectivity index (χ1v) is 8.00. The molecule has 0 aromatic carbocycles. The minimum Gasteiger partial charge on any atom is -0.466 e. The Balaban J connectivity index is 3.25. The van der Waals surface area contributed by atoms with Crippen LogP contribution in [0.2, 0.25) is 0 Å². The smallest absolute Gasteiger partial charge is 0.305 e. The highest BCUT2D eigenvalue weighted by Crippen LogP contribution is 2.05. The number of thioether (sulfide) groups is 1. The summed E-state index contributed by atoms with van der Waals surface area (Å²) in [5.74, 6) is 1.22. The van der Waals surface area contributed by atoms with Crippen molar-refractivity contribution in [3.63, 3.8) is 0 Å². The standard InChI is InChI=1S/C9H18O5S2/c1-3-13-9(10)5-4-7-15-8-6-14-16(2,11)12/h3-8H2,1-2H3. The van der Waals surface area contributed by atoms with Gasteiger partial charge in [0.2, 0.25) is 0 Å². The van der Waals surface area contributed by atoms with Gasteiger partial charge in [0.05, 0.1) is 19.5 Å². The number of rotatable bonds is 9. The van der Waals surface area contributed by atoms with E-state index in [1.165, 1.54) is 0 Å². The number of hydrogen-bond donors (Lipinski definition) is 0. The Morgan fingerprint density at radius 1 is 1.31 bits per heavy atom. The van der Waals surface area contributed by atoms with Crippen LogP contribution in [0.1, 0.15) is 19.8 Å². The predicted octanol–water partition coefficient (Wildman–Crippen LogP) is 1.04. The Labute approximate surface area is 101 Å². The maximum absolute atomic E-state index is 10.9. The Morgan fingerprint density at radius 2 is 2.00 bits per heavy atom. The van der Waals surface area contributed by atoms with Gasteiger partial charge in [-0.3, -0.25) is 8.98 Å². The molecule has 0 bridgehead atoms. The molecule has 0 aromatic rings. The molecule has 0 aliphatic carbocycles. The summed E-state index contributed by atoms with van der Waals surface area (Å²) < 4.78 is 30.5. The van der Waals surface area contributed by atoms with Crippen molar-refractivity contribution in [2.24, 2.45) is 0 Å². The van der Waals surface area contributed by atoms with E-state index in [1.807, 2.05) is 0 Å². The van der Waals surface area contributed by atoms with Crippen LogP contribution in [0.4, 0.5) is 0 Å². The Hall–Kier alpha value is -0.270. The van der Waals surface area contributed by atoms with Gasteiger partial charge in [-0.15, -0.1) is 0 Å².